The van der Waals surface area contributed by atoms with Crippen LogP contribution in [0.15, 0.2) is 29.2 Å². The molecule has 1 N–H and O–H groups in total. The minimum atomic E-state index is -4.34. The summed E-state index contributed by atoms with van der Waals surface area (Å²) < 4.78 is 31.6. The van der Waals surface area contributed by atoms with E-state index in [1.54, 1.807) is 13.8 Å². The van der Waals surface area contributed by atoms with Gasteiger partial charge in [-0.2, -0.15) is 9.97 Å². The second-order valence-electron chi connectivity index (χ2n) is 6.64. The number of hydrogen-bond acceptors (Lipinski definition) is 8. The van der Waals surface area contributed by atoms with Gasteiger partial charge in [-0.1, -0.05) is 26.0 Å². The van der Waals surface area contributed by atoms with Crippen LogP contribution in [0.4, 0.5) is 10.7 Å². The molecule has 1 aromatic carbocycles. The van der Waals surface area contributed by atoms with E-state index in [1.165, 1.54) is 24.3 Å². The lowest BCUT2D eigenvalue weighted by Gasteiger charge is -2.19. The van der Waals surface area contributed by atoms with Gasteiger partial charge in [0.15, 0.2) is 0 Å². The first-order valence-electron chi connectivity index (χ1n) is 8.77. The summed E-state index contributed by atoms with van der Waals surface area (Å²) >= 11 is 0. The van der Waals surface area contributed by atoms with E-state index in [2.05, 4.69) is 20.3 Å². The molecule has 2 aromatic rings. The lowest BCUT2D eigenvalue weighted by Crippen LogP contribution is -2.37. The summed E-state index contributed by atoms with van der Waals surface area (Å²) in [5.41, 5.74) is -0.153. The van der Waals surface area contributed by atoms with Gasteiger partial charge >= 0.3 is 12.0 Å². The van der Waals surface area contributed by atoms with E-state index >= 15 is 0 Å². The number of rotatable bonds is 6. The van der Waals surface area contributed by atoms with Gasteiger partial charge in [0.2, 0.25) is 5.95 Å². The van der Waals surface area contributed by atoms with Crippen LogP contribution >= 0.6 is 0 Å². The molecule has 0 radical (unpaired) electrons. The molecule has 29 heavy (non-hydrogen) atoms. The standard InChI is InChI=1S/C18H23N5O5S/c1-11(2)10-28-16(24)14-8-6-7-9-15(14)29(26,27)23(5)18(25)22-17-20-12(3)19-13(4)21-17/h6-9,11H,10H2,1-5H3,(H,19,20,21,22,25). The molecule has 0 bridgehead atoms. The number of ether oxygens (including phenoxy) is 1. The second kappa shape index (κ2) is 8.95. The molecule has 0 fully saturated rings. The van der Waals surface area contributed by atoms with Gasteiger partial charge in [-0.25, -0.2) is 27.3 Å². The Morgan fingerprint density at radius 2 is 1.69 bits per heavy atom. The summed E-state index contributed by atoms with van der Waals surface area (Å²) in [5, 5.41) is 2.32. The summed E-state index contributed by atoms with van der Waals surface area (Å²) in [6.45, 7) is 7.09. The molecular weight excluding hydrogens is 398 g/mol. The number of carbonyl (C=O) groups is 2. The Morgan fingerprint density at radius 3 is 2.28 bits per heavy atom. The molecule has 156 valence electrons. The van der Waals surface area contributed by atoms with Crippen LogP contribution in [0.25, 0.3) is 0 Å². The first-order valence-corrected chi connectivity index (χ1v) is 10.2. The minimum absolute atomic E-state index is 0.0771. The maximum atomic E-state index is 13.0. The number of anilines is 1. The number of aryl methyl sites for hydroxylation is 2. The van der Waals surface area contributed by atoms with Crippen LogP contribution in [0.5, 0.6) is 0 Å². The maximum Gasteiger partial charge on any atom is 0.339 e. The van der Waals surface area contributed by atoms with Gasteiger partial charge in [0.25, 0.3) is 10.0 Å². The molecule has 11 heteroatoms. The number of nitrogens with zero attached hydrogens (tertiary/aromatic N) is 4. The number of sulfonamides is 1. The number of hydrogen-bond donors (Lipinski definition) is 1. The van der Waals surface area contributed by atoms with Gasteiger partial charge in [0, 0.05) is 7.05 Å². The van der Waals surface area contributed by atoms with Crippen LogP contribution < -0.4 is 5.32 Å². The fourth-order valence-electron chi connectivity index (χ4n) is 2.28. The molecule has 0 unspecified atom stereocenters. The first kappa shape index (κ1) is 22.2. The van der Waals surface area contributed by atoms with Crippen LogP contribution in [0.3, 0.4) is 0 Å². The topological polar surface area (TPSA) is 131 Å². The molecule has 1 aromatic heterocycles. The predicted octanol–water partition coefficient (Wildman–Crippen LogP) is 2.15. The van der Waals surface area contributed by atoms with E-state index < -0.39 is 22.0 Å². The maximum absolute atomic E-state index is 13.0. The lowest BCUT2D eigenvalue weighted by molar-refractivity contribution is 0.0454. The van der Waals surface area contributed by atoms with Crippen molar-refractivity contribution in [2.75, 3.05) is 19.0 Å². The quantitative estimate of drug-likeness (QED) is 0.702. The number of amides is 2. The summed E-state index contributed by atoms with van der Waals surface area (Å²) in [5.74, 6) is -0.0290. The Morgan fingerprint density at radius 1 is 1.10 bits per heavy atom. The molecule has 1 heterocycles. The Hall–Kier alpha value is -3.08. The normalized spacial score (nSPS) is 11.2. The van der Waals surface area contributed by atoms with Crippen molar-refractivity contribution in [2.24, 2.45) is 5.92 Å². The fraction of sp³-hybridized carbons (Fsp3) is 0.389. The molecule has 2 amide bonds. The SMILES string of the molecule is Cc1nc(C)nc(NC(=O)N(C)S(=O)(=O)c2ccccc2C(=O)OCC(C)C)n1. The highest BCUT2D eigenvalue weighted by Gasteiger charge is 2.30. The third-order valence-electron chi connectivity index (χ3n) is 3.66. The van der Waals surface area contributed by atoms with Crippen molar-refractivity contribution in [1.29, 1.82) is 0 Å². The number of aromatic nitrogens is 3. The lowest BCUT2D eigenvalue weighted by atomic mass is 10.2. The molecule has 0 saturated heterocycles. The number of benzene rings is 1. The molecule has 0 saturated carbocycles. The number of carbonyl (C=O) groups excluding carboxylic acids is 2. The third kappa shape index (κ3) is 5.47. The summed E-state index contributed by atoms with van der Waals surface area (Å²) in [6.07, 6.45) is 0. The smallest absolute Gasteiger partial charge is 0.339 e. The highest BCUT2D eigenvalue weighted by molar-refractivity contribution is 7.89. The van der Waals surface area contributed by atoms with Gasteiger partial charge in [0.1, 0.15) is 16.5 Å². The van der Waals surface area contributed by atoms with Crippen LogP contribution in [-0.2, 0) is 14.8 Å². The molecule has 0 atom stereocenters. The largest absolute Gasteiger partial charge is 0.462 e. The van der Waals surface area contributed by atoms with Crippen molar-refractivity contribution < 1.29 is 22.7 Å². The highest BCUT2D eigenvalue weighted by Crippen LogP contribution is 2.21. The van der Waals surface area contributed by atoms with Gasteiger partial charge < -0.3 is 4.74 Å². The molecule has 0 aliphatic carbocycles. The Kier molecular flexibility index (Phi) is 6.85. The predicted molar refractivity (Wildman–Crippen MR) is 105 cm³/mol. The molecule has 0 aliphatic rings. The zero-order valence-corrected chi connectivity index (χ0v) is 17.6. The van der Waals surface area contributed by atoms with Crippen molar-refractivity contribution in [3.63, 3.8) is 0 Å². The van der Waals surface area contributed by atoms with Crippen molar-refractivity contribution in [2.45, 2.75) is 32.6 Å². The summed E-state index contributed by atoms with van der Waals surface area (Å²) in [7, 11) is -3.27. The Balaban J connectivity index is 2.29. The zero-order valence-electron chi connectivity index (χ0n) is 16.8. The second-order valence-corrected chi connectivity index (χ2v) is 8.58. The number of esters is 1. The van der Waals surface area contributed by atoms with Gasteiger partial charge in [0.05, 0.1) is 12.2 Å². The Bertz CT molecular complexity index is 1000. The van der Waals surface area contributed by atoms with Crippen molar-refractivity contribution >= 4 is 28.0 Å². The monoisotopic (exact) mass is 421 g/mol. The number of nitrogens with one attached hydrogen (secondary N) is 1. The van der Waals surface area contributed by atoms with Gasteiger partial charge in [-0.15, -0.1) is 0 Å². The van der Waals surface area contributed by atoms with Gasteiger partial charge in [-0.3, -0.25) is 5.32 Å². The number of urea groups is 1. The van der Waals surface area contributed by atoms with Crippen molar-refractivity contribution in [3.05, 3.63) is 41.5 Å². The first-order chi connectivity index (χ1) is 13.5. The Labute approximate surface area is 169 Å². The molecule has 0 aliphatic heterocycles. The highest BCUT2D eigenvalue weighted by atomic mass is 32.2. The van der Waals surface area contributed by atoms with Crippen LogP contribution in [0.2, 0.25) is 0 Å². The third-order valence-corrected chi connectivity index (χ3v) is 5.46. The van der Waals surface area contributed by atoms with Crippen molar-refractivity contribution in [1.82, 2.24) is 19.3 Å². The summed E-state index contributed by atoms with van der Waals surface area (Å²) in [6, 6.07) is 4.56. The van der Waals surface area contributed by atoms with Crippen molar-refractivity contribution in [3.8, 4) is 0 Å². The fourth-order valence-corrected chi connectivity index (χ4v) is 3.52. The molecule has 0 spiro atoms. The minimum Gasteiger partial charge on any atom is -0.462 e. The van der Waals surface area contributed by atoms with Crippen LogP contribution in [-0.4, -0.2) is 53.3 Å². The molecule has 10 nitrogen and oxygen atoms in total. The van der Waals surface area contributed by atoms with E-state index in [0.29, 0.717) is 16.0 Å². The molecular formula is C18H23N5O5S. The van der Waals surface area contributed by atoms with Gasteiger partial charge in [-0.05, 0) is 31.9 Å². The average molecular weight is 421 g/mol. The molecule has 2 rings (SSSR count). The van der Waals surface area contributed by atoms with E-state index in [0.717, 1.165) is 7.05 Å². The van der Waals surface area contributed by atoms with E-state index in [1.807, 2.05) is 13.8 Å². The van der Waals surface area contributed by atoms with E-state index in [-0.39, 0.29) is 28.9 Å². The average Bonchev–Trinajstić information content (AvgIpc) is 2.64. The zero-order chi connectivity index (χ0) is 21.8. The van der Waals surface area contributed by atoms with Crippen LogP contribution in [0.1, 0.15) is 35.9 Å². The van der Waals surface area contributed by atoms with Crippen LogP contribution in [0, 0.1) is 19.8 Å². The van der Waals surface area contributed by atoms with E-state index in [9.17, 15) is 18.0 Å². The summed E-state index contributed by atoms with van der Waals surface area (Å²) in [4.78, 5) is 36.4. The van der Waals surface area contributed by atoms with E-state index in [4.69, 9.17) is 4.74 Å².